The molecule has 6 heteroatoms. The molecule has 6 nitrogen and oxygen atoms in total. The van der Waals surface area contributed by atoms with Crippen LogP contribution in [-0.2, 0) is 9.53 Å². The second kappa shape index (κ2) is 5.52. The minimum Gasteiger partial charge on any atom is -0.461 e. The topological polar surface area (TPSA) is 90.2 Å². The van der Waals surface area contributed by atoms with Gasteiger partial charge in [-0.2, -0.15) is 0 Å². The molecule has 0 unspecified atom stereocenters. The average Bonchev–Trinajstić information content (AvgIpc) is 2.69. The fraction of sp³-hybridized carbons (Fsp3) is 0.917. The van der Waals surface area contributed by atoms with E-state index < -0.39 is 24.4 Å². The van der Waals surface area contributed by atoms with Crippen molar-refractivity contribution < 1.29 is 24.9 Å². The Hall–Kier alpha value is -0.690. The zero-order chi connectivity index (χ0) is 13.3. The summed E-state index contributed by atoms with van der Waals surface area (Å²) in [6, 6.07) is -0.399. The number of aliphatic hydroxyl groups is 3. The molecule has 2 aliphatic rings. The second-order valence-corrected chi connectivity index (χ2v) is 5.10. The molecule has 3 N–H and O–H groups in total. The smallest absolute Gasteiger partial charge is 0.306 e. The molecular formula is C12H21NO5. The summed E-state index contributed by atoms with van der Waals surface area (Å²) < 4.78 is 5.34. The lowest BCUT2D eigenvalue weighted by Crippen LogP contribution is -2.61. The van der Waals surface area contributed by atoms with Crippen molar-refractivity contribution in [2.45, 2.75) is 56.6 Å². The predicted octanol–water partition coefficient (Wildman–Crippen LogP) is -1.13. The number of esters is 1. The van der Waals surface area contributed by atoms with E-state index in [1.807, 2.05) is 11.8 Å². The van der Waals surface area contributed by atoms with Crippen LogP contribution in [0.4, 0.5) is 0 Å². The first-order chi connectivity index (χ1) is 8.54. The first-order valence-corrected chi connectivity index (χ1v) is 6.52. The lowest BCUT2D eigenvalue weighted by atomic mass is 9.93. The van der Waals surface area contributed by atoms with Gasteiger partial charge in [0.2, 0.25) is 0 Å². The molecule has 2 heterocycles. The Labute approximate surface area is 106 Å². The van der Waals surface area contributed by atoms with Crippen LogP contribution in [0.1, 0.15) is 26.2 Å². The molecule has 0 radical (unpaired) electrons. The number of carbonyl (C=O) groups excluding carboxylic acids is 1. The van der Waals surface area contributed by atoms with Crippen molar-refractivity contribution in [3.63, 3.8) is 0 Å². The Bertz CT molecular complexity index is 311. The van der Waals surface area contributed by atoms with Crippen molar-refractivity contribution in [3.8, 4) is 0 Å². The largest absolute Gasteiger partial charge is 0.461 e. The normalized spacial score (nSPS) is 40.6. The van der Waals surface area contributed by atoms with Gasteiger partial charge in [0.25, 0.3) is 0 Å². The summed E-state index contributed by atoms with van der Waals surface area (Å²) in [7, 11) is 0. The number of aliphatic hydroxyl groups excluding tert-OH is 3. The van der Waals surface area contributed by atoms with E-state index in [4.69, 9.17) is 4.74 Å². The Morgan fingerprint density at radius 3 is 2.72 bits per heavy atom. The van der Waals surface area contributed by atoms with E-state index in [-0.39, 0.29) is 12.1 Å². The van der Waals surface area contributed by atoms with Crippen molar-refractivity contribution in [1.82, 2.24) is 4.90 Å². The Morgan fingerprint density at radius 1 is 1.33 bits per heavy atom. The zero-order valence-corrected chi connectivity index (χ0v) is 10.5. The zero-order valence-electron chi connectivity index (χ0n) is 10.5. The lowest BCUT2D eigenvalue weighted by molar-refractivity contribution is -0.165. The Kier molecular flexibility index (Phi) is 4.21. The molecule has 0 spiro atoms. The molecule has 2 aliphatic heterocycles. The van der Waals surface area contributed by atoms with Gasteiger partial charge < -0.3 is 20.1 Å². The highest BCUT2D eigenvalue weighted by atomic mass is 16.5. The van der Waals surface area contributed by atoms with E-state index in [0.29, 0.717) is 25.9 Å². The van der Waals surface area contributed by atoms with Crippen LogP contribution in [0, 0.1) is 0 Å². The van der Waals surface area contributed by atoms with Crippen molar-refractivity contribution in [2.75, 3.05) is 13.1 Å². The summed E-state index contributed by atoms with van der Waals surface area (Å²) in [5, 5.41) is 29.3. The van der Waals surface area contributed by atoms with E-state index in [2.05, 4.69) is 0 Å². The van der Waals surface area contributed by atoms with E-state index in [0.717, 1.165) is 6.42 Å². The summed E-state index contributed by atoms with van der Waals surface area (Å²) in [4.78, 5) is 13.4. The van der Waals surface area contributed by atoms with Crippen LogP contribution in [0.15, 0.2) is 0 Å². The SMILES string of the molecule is CCCC(=O)O[C@@H]1CCN2C[C@H](O)[C@@H](O)[C@H](O)[C@@H]12. The summed E-state index contributed by atoms with van der Waals surface area (Å²) in [5.74, 6) is -0.267. The van der Waals surface area contributed by atoms with Gasteiger partial charge in [-0.05, 0) is 12.8 Å². The van der Waals surface area contributed by atoms with E-state index in [1.54, 1.807) is 0 Å². The summed E-state index contributed by atoms with van der Waals surface area (Å²) >= 11 is 0. The number of hydrogen-bond acceptors (Lipinski definition) is 6. The van der Waals surface area contributed by atoms with E-state index in [1.165, 1.54) is 0 Å². The van der Waals surface area contributed by atoms with Gasteiger partial charge in [0, 0.05) is 19.5 Å². The molecule has 0 aromatic carbocycles. The minimum absolute atomic E-state index is 0.267. The van der Waals surface area contributed by atoms with Crippen molar-refractivity contribution in [2.24, 2.45) is 0 Å². The van der Waals surface area contributed by atoms with Crippen LogP contribution < -0.4 is 0 Å². The molecule has 5 atom stereocenters. The molecule has 2 rings (SSSR count). The van der Waals surface area contributed by atoms with Crippen LogP contribution in [0.5, 0.6) is 0 Å². The average molecular weight is 259 g/mol. The highest BCUT2D eigenvalue weighted by Crippen LogP contribution is 2.30. The van der Waals surface area contributed by atoms with Crippen molar-refractivity contribution >= 4 is 5.97 Å². The van der Waals surface area contributed by atoms with Crippen LogP contribution in [0.3, 0.4) is 0 Å². The third-order valence-electron chi connectivity index (χ3n) is 3.76. The number of ether oxygens (including phenoxy) is 1. The Morgan fingerprint density at radius 2 is 2.06 bits per heavy atom. The predicted molar refractivity (Wildman–Crippen MR) is 62.8 cm³/mol. The van der Waals surface area contributed by atoms with Crippen LogP contribution in [0.25, 0.3) is 0 Å². The summed E-state index contributed by atoms with van der Waals surface area (Å²) in [5.41, 5.74) is 0. The summed E-state index contributed by atoms with van der Waals surface area (Å²) in [6.07, 6.45) is -1.85. The number of fused-ring (bicyclic) bond motifs is 1. The quantitative estimate of drug-likeness (QED) is 0.556. The highest BCUT2D eigenvalue weighted by molar-refractivity contribution is 5.69. The number of rotatable bonds is 3. The second-order valence-electron chi connectivity index (χ2n) is 5.10. The van der Waals surface area contributed by atoms with Crippen molar-refractivity contribution in [1.29, 1.82) is 0 Å². The number of piperidine rings is 1. The number of nitrogens with zero attached hydrogens (tertiary/aromatic N) is 1. The molecule has 2 saturated heterocycles. The fourth-order valence-corrected chi connectivity index (χ4v) is 2.84. The number of hydrogen-bond donors (Lipinski definition) is 3. The third kappa shape index (κ3) is 2.51. The molecule has 0 bridgehead atoms. The van der Waals surface area contributed by atoms with E-state index in [9.17, 15) is 20.1 Å². The standard InChI is InChI=1S/C12H21NO5/c1-2-3-9(15)18-8-4-5-13-6-7(14)11(16)12(17)10(8)13/h7-8,10-12,14,16-17H,2-6H2,1H3/t7-,8+,10+,11+,12+/m0/s1. The first kappa shape index (κ1) is 13.7. The van der Waals surface area contributed by atoms with Crippen LogP contribution in [0.2, 0.25) is 0 Å². The molecule has 0 amide bonds. The molecule has 0 saturated carbocycles. The maximum atomic E-state index is 11.5. The van der Waals surface area contributed by atoms with Gasteiger partial charge in [-0.3, -0.25) is 9.69 Å². The molecule has 0 aromatic rings. The number of carbonyl (C=O) groups is 1. The van der Waals surface area contributed by atoms with Gasteiger partial charge in [0.15, 0.2) is 0 Å². The minimum atomic E-state index is -1.17. The first-order valence-electron chi connectivity index (χ1n) is 6.52. The van der Waals surface area contributed by atoms with Gasteiger partial charge in [0.1, 0.15) is 18.3 Å². The maximum Gasteiger partial charge on any atom is 0.306 e. The van der Waals surface area contributed by atoms with Gasteiger partial charge in [-0.15, -0.1) is 0 Å². The van der Waals surface area contributed by atoms with Gasteiger partial charge in [0.05, 0.1) is 12.1 Å². The third-order valence-corrected chi connectivity index (χ3v) is 3.76. The fourth-order valence-electron chi connectivity index (χ4n) is 2.84. The maximum absolute atomic E-state index is 11.5. The summed E-state index contributed by atoms with van der Waals surface area (Å²) in [6.45, 7) is 2.87. The molecule has 0 aromatic heterocycles. The van der Waals surface area contributed by atoms with E-state index >= 15 is 0 Å². The van der Waals surface area contributed by atoms with Crippen LogP contribution in [-0.4, -0.2) is 69.7 Å². The lowest BCUT2D eigenvalue weighted by Gasteiger charge is -2.41. The molecule has 18 heavy (non-hydrogen) atoms. The van der Waals surface area contributed by atoms with Crippen molar-refractivity contribution in [3.05, 3.63) is 0 Å². The van der Waals surface area contributed by atoms with Gasteiger partial charge >= 0.3 is 5.97 Å². The molecule has 104 valence electrons. The van der Waals surface area contributed by atoms with Gasteiger partial charge in [-0.1, -0.05) is 6.92 Å². The highest BCUT2D eigenvalue weighted by Gasteiger charge is 2.49. The Balaban J connectivity index is 2.01. The monoisotopic (exact) mass is 259 g/mol. The van der Waals surface area contributed by atoms with Crippen LogP contribution >= 0.6 is 0 Å². The molecule has 2 fully saturated rings. The molecular weight excluding hydrogens is 238 g/mol. The molecule has 0 aliphatic carbocycles. The van der Waals surface area contributed by atoms with Gasteiger partial charge in [-0.25, -0.2) is 0 Å².